The van der Waals surface area contributed by atoms with Crippen LogP contribution in [0.15, 0.2) is 36.0 Å². The first-order valence-corrected chi connectivity index (χ1v) is 6.00. The molecule has 1 aromatic carbocycles. The molecule has 1 N–H and O–H groups in total. The number of benzene rings is 1. The molecule has 0 spiro atoms. The molecule has 0 aliphatic rings. The van der Waals surface area contributed by atoms with Gasteiger partial charge >= 0.3 is 5.97 Å². The SMILES string of the molecule is CCOC(=O)C=C(C)Nc1ccc(OCC)cc1. The second-order valence-electron chi connectivity index (χ2n) is 3.66. The van der Waals surface area contributed by atoms with Gasteiger partial charge in [0.15, 0.2) is 0 Å². The Balaban J connectivity index is 2.58. The van der Waals surface area contributed by atoms with Crippen molar-refractivity contribution in [2.45, 2.75) is 20.8 Å². The zero-order valence-electron chi connectivity index (χ0n) is 11.0. The van der Waals surface area contributed by atoms with E-state index in [1.54, 1.807) is 6.92 Å². The molecule has 4 heteroatoms. The molecular formula is C14H19NO3. The Morgan fingerprint density at radius 2 is 1.89 bits per heavy atom. The van der Waals surface area contributed by atoms with Gasteiger partial charge in [-0.15, -0.1) is 0 Å². The van der Waals surface area contributed by atoms with E-state index in [1.807, 2.05) is 38.1 Å². The van der Waals surface area contributed by atoms with Gasteiger partial charge in [0.25, 0.3) is 0 Å². The molecule has 0 bridgehead atoms. The Kier molecular flexibility index (Phi) is 5.77. The highest BCUT2D eigenvalue weighted by atomic mass is 16.5. The van der Waals surface area contributed by atoms with Gasteiger partial charge < -0.3 is 14.8 Å². The third-order valence-electron chi connectivity index (χ3n) is 2.13. The highest BCUT2D eigenvalue weighted by molar-refractivity contribution is 5.83. The van der Waals surface area contributed by atoms with Gasteiger partial charge in [0.1, 0.15) is 5.75 Å². The predicted molar refractivity (Wildman–Crippen MR) is 71.6 cm³/mol. The van der Waals surface area contributed by atoms with Crippen LogP contribution in [0.3, 0.4) is 0 Å². The summed E-state index contributed by atoms with van der Waals surface area (Å²) in [5.74, 6) is 0.489. The van der Waals surface area contributed by atoms with Crippen LogP contribution in [0.25, 0.3) is 0 Å². The Morgan fingerprint density at radius 3 is 2.44 bits per heavy atom. The number of allylic oxidation sites excluding steroid dienone is 1. The lowest BCUT2D eigenvalue weighted by Gasteiger charge is -2.08. The van der Waals surface area contributed by atoms with Gasteiger partial charge in [-0.2, -0.15) is 0 Å². The maximum Gasteiger partial charge on any atom is 0.332 e. The highest BCUT2D eigenvalue weighted by Gasteiger charge is 1.99. The zero-order valence-corrected chi connectivity index (χ0v) is 11.0. The lowest BCUT2D eigenvalue weighted by Crippen LogP contribution is -2.04. The first kappa shape index (κ1) is 14.1. The van der Waals surface area contributed by atoms with Gasteiger partial charge in [-0.3, -0.25) is 0 Å². The summed E-state index contributed by atoms with van der Waals surface area (Å²) in [5, 5.41) is 3.11. The van der Waals surface area contributed by atoms with E-state index in [-0.39, 0.29) is 5.97 Å². The van der Waals surface area contributed by atoms with Gasteiger partial charge in [0.05, 0.1) is 13.2 Å². The number of anilines is 1. The number of carbonyl (C=O) groups is 1. The van der Waals surface area contributed by atoms with Crippen molar-refractivity contribution in [2.75, 3.05) is 18.5 Å². The largest absolute Gasteiger partial charge is 0.494 e. The lowest BCUT2D eigenvalue weighted by atomic mass is 10.3. The third-order valence-corrected chi connectivity index (χ3v) is 2.13. The number of ether oxygens (including phenoxy) is 2. The van der Waals surface area contributed by atoms with Crippen molar-refractivity contribution in [3.8, 4) is 5.75 Å². The van der Waals surface area contributed by atoms with Gasteiger partial charge in [-0.05, 0) is 45.0 Å². The summed E-state index contributed by atoms with van der Waals surface area (Å²) in [4.78, 5) is 11.2. The minimum atomic E-state index is -0.339. The maximum absolute atomic E-state index is 11.2. The fourth-order valence-electron chi connectivity index (χ4n) is 1.43. The number of carbonyl (C=O) groups excluding carboxylic acids is 1. The van der Waals surface area contributed by atoms with Crippen molar-refractivity contribution in [1.29, 1.82) is 0 Å². The Bertz CT molecular complexity index is 410. The molecule has 0 atom stereocenters. The molecule has 18 heavy (non-hydrogen) atoms. The summed E-state index contributed by atoms with van der Waals surface area (Å²) in [7, 11) is 0. The standard InChI is InChI=1S/C14H19NO3/c1-4-17-13-8-6-12(7-9-13)15-11(3)10-14(16)18-5-2/h6-10,15H,4-5H2,1-3H3. The van der Waals surface area contributed by atoms with Crippen LogP contribution in [0, 0.1) is 0 Å². The van der Waals surface area contributed by atoms with Gasteiger partial charge in [-0.25, -0.2) is 4.79 Å². The molecule has 0 saturated heterocycles. The molecule has 0 unspecified atom stereocenters. The number of hydrogen-bond acceptors (Lipinski definition) is 4. The molecule has 0 amide bonds. The number of hydrogen-bond donors (Lipinski definition) is 1. The monoisotopic (exact) mass is 249 g/mol. The molecule has 0 aliphatic carbocycles. The highest BCUT2D eigenvalue weighted by Crippen LogP contribution is 2.16. The second kappa shape index (κ2) is 7.37. The molecule has 98 valence electrons. The third kappa shape index (κ3) is 4.91. The van der Waals surface area contributed by atoms with Crippen LogP contribution in [0.1, 0.15) is 20.8 Å². The Morgan fingerprint density at radius 1 is 1.22 bits per heavy atom. The van der Waals surface area contributed by atoms with Crippen molar-refractivity contribution >= 4 is 11.7 Å². The molecule has 1 rings (SSSR count). The van der Waals surface area contributed by atoms with Gasteiger partial charge in [0, 0.05) is 17.5 Å². The molecule has 0 saturated carbocycles. The maximum atomic E-state index is 11.2. The van der Waals surface area contributed by atoms with Crippen molar-refractivity contribution in [2.24, 2.45) is 0 Å². The summed E-state index contributed by atoms with van der Waals surface area (Å²) in [6.45, 7) is 6.56. The van der Waals surface area contributed by atoms with E-state index in [1.165, 1.54) is 6.08 Å². The Labute approximate surface area is 108 Å². The zero-order chi connectivity index (χ0) is 13.4. The van der Waals surface area contributed by atoms with E-state index in [9.17, 15) is 4.79 Å². The molecule has 0 aromatic heterocycles. The van der Waals surface area contributed by atoms with E-state index in [2.05, 4.69) is 5.32 Å². The summed E-state index contributed by atoms with van der Waals surface area (Å²) < 4.78 is 10.2. The quantitative estimate of drug-likeness (QED) is 0.622. The average molecular weight is 249 g/mol. The number of nitrogens with one attached hydrogen (secondary N) is 1. The van der Waals surface area contributed by atoms with Gasteiger partial charge in [0.2, 0.25) is 0 Å². The molecule has 0 fully saturated rings. The minimum Gasteiger partial charge on any atom is -0.494 e. The molecule has 0 aliphatic heterocycles. The van der Waals surface area contributed by atoms with Gasteiger partial charge in [-0.1, -0.05) is 0 Å². The lowest BCUT2D eigenvalue weighted by molar-refractivity contribution is -0.137. The molecule has 0 radical (unpaired) electrons. The van der Waals surface area contributed by atoms with E-state index < -0.39 is 0 Å². The number of rotatable bonds is 6. The van der Waals surface area contributed by atoms with E-state index in [4.69, 9.17) is 9.47 Å². The first-order valence-electron chi connectivity index (χ1n) is 6.00. The number of esters is 1. The average Bonchev–Trinajstić information content (AvgIpc) is 2.32. The summed E-state index contributed by atoms with van der Waals surface area (Å²) in [6.07, 6.45) is 1.43. The van der Waals surface area contributed by atoms with Crippen molar-refractivity contribution < 1.29 is 14.3 Å². The van der Waals surface area contributed by atoms with E-state index in [0.717, 1.165) is 17.1 Å². The van der Waals surface area contributed by atoms with Crippen LogP contribution in [0.4, 0.5) is 5.69 Å². The van der Waals surface area contributed by atoms with Crippen molar-refractivity contribution in [1.82, 2.24) is 0 Å². The summed E-state index contributed by atoms with van der Waals surface area (Å²) >= 11 is 0. The molecule has 0 heterocycles. The van der Waals surface area contributed by atoms with Crippen LogP contribution >= 0.6 is 0 Å². The molecule has 4 nitrogen and oxygen atoms in total. The topological polar surface area (TPSA) is 47.6 Å². The van der Waals surface area contributed by atoms with Crippen molar-refractivity contribution in [3.05, 3.63) is 36.0 Å². The van der Waals surface area contributed by atoms with Crippen LogP contribution < -0.4 is 10.1 Å². The Hall–Kier alpha value is -1.97. The van der Waals surface area contributed by atoms with Crippen LogP contribution in [0.2, 0.25) is 0 Å². The predicted octanol–water partition coefficient (Wildman–Crippen LogP) is 2.96. The first-order chi connectivity index (χ1) is 8.65. The normalized spacial score (nSPS) is 10.9. The van der Waals surface area contributed by atoms with Crippen molar-refractivity contribution in [3.63, 3.8) is 0 Å². The van der Waals surface area contributed by atoms with Crippen LogP contribution in [0.5, 0.6) is 5.75 Å². The van der Waals surface area contributed by atoms with Crippen LogP contribution in [-0.4, -0.2) is 19.2 Å². The molecular weight excluding hydrogens is 230 g/mol. The fraction of sp³-hybridized carbons (Fsp3) is 0.357. The second-order valence-corrected chi connectivity index (χ2v) is 3.66. The van der Waals surface area contributed by atoms with E-state index in [0.29, 0.717) is 13.2 Å². The minimum absolute atomic E-state index is 0.339. The fourth-order valence-corrected chi connectivity index (χ4v) is 1.43. The summed E-state index contributed by atoms with van der Waals surface area (Å²) in [5.41, 5.74) is 1.63. The van der Waals surface area contributed by atoms with Crippen LogP contribution in [-0.2, 0) is 9.53 Å². The summed E-state index contributed by atoms with van der Waals surface area (Å²) in [6, 6.07) is 7.55. The molecule has 1 aromatic rings. The smallest absolute Gasteiger partial charge is 0.332 e. The van der Waals surface area contributed by atoms with E-state index >= 15 is 0 Å².